The molecule has 3 heterocycles. The number of hydrogen-bond acceptors (Lipinski definition) is 8. The smallest absolute Gasteiger partial charge is 0.242 e. The van der Waals surface area contributed by atoms with E-state index in [-0.39, 0.29) is 24.2 Å². The van der Waals surface area contributed by atoms with E-state index in [0.29, 0.717) is 28.3 Å². The molecular formula is C17H24FN5O3S. The number of aryl methyl sites for hydroxylation is 1. The highest BCUT2D eigenvalue weighted by Gasteiger charge is 2.36. The summed E-state index contributed by atoms with van der Waals surface area (Å²) >= 11 is 1.17. The van der Waals surface area contributed by atoms with Crippen molar-refractivity contribution in [1.29, 1.82) is 0 Å². The van der Waals surface area contributed by atoms with Crippen LogP contribution >= 0.6 is 11.3 Å². The lowest BCUT2D eigenvalue weighted by atomic mass is 9.88. The molecule has 0 radical (unpaired) electrons. The van der Waals surface area contributed by atoms with Crippen molar-refractivity contribution in [3.05, 3.63) is 22.6 Å². The molecule has 1 N–H and O–H groups in total. The van der Waals surface area contributed by atoms with Gasteiger partial charge in [0.05, 0.1) is 10.5 Å². The van der Waals surface area contributed by atoms with Crippen LogP contribution < -0.4 is 5.32 Å². The number of carbonyl (C=O) groups is 1. The standard InChI is InChI=1S/C17H24FN5O3S/c1-10-7-17(4,25-9-14-22-21-12(3)26-14)5-6-23(10)8-13-15(18)20-16(27-13)19-11(2)24/h10H,5-9H2,1-4H3,(H,19,20,24)/t10-,17?/m0/s1. The minimum atomic E-state index is -0.521. The van der Waals surface area contributed by atoms with Gasteiger partial charge >= 0.3 is 0 Å². The number of rotatable bonds is 6. The van der Waals surface area contributed by atoms with E-state index >= 15 is 0 Å². The largest absolute Gasteiger partial charge is 0.423 e. The molecular weight excluding hydrogens is 373 g/mol. The summed E-state index contributed by atoms with van der Waals surface area (Å²) in [4.78, 5) is 17.6. The molecule has 3 rings (SSSR count). The number of anilines is 1. The van der Waals surface area contributed by atoms with Gasteiger partial charge in [-0.2, -0.15) is 9.37 Å². The first kappa shape index (κ1) is 19.8. The average molecular weight is 397 g/mol. The van der Waals surface area contributed by atoms with Crippen LogP contribution in [0.3, 0.4) is 0 Å². The quantitative estimate of drug-likeness (QED) is 0.801. The van der Waals surface area contributed by atoms with Crippen LogP contribution in [0.15, 0.2) is 4.42 Å². The summed E-state index contributed by atoms with van der Waals surface area (Å²) in [5.74, 6) is 0.214. The Morgan fingerprint density at radius 3 is 2.93 bits per heavy atom. The third kappa shape index (κ3) is 5.08. The molecule has 2 aromatic heterocycles. The topological polar surface area (TPSA) is 93.4 Å². The number of hydrogen-bond donors (Lipinski definition) is 1. The fourth-order valence-corrected chi connectivity index (χ4v) is 4.19. The molecule has 0 bridgehead atoms. The van der Waals surface area contributed by atoms with Gasteiger partial charge in [0.15, 0.2) is 5.13 Å². The lowest BCUT2D eigenvalue weighted by Gasteiger charge is -2.43. The summed E-state index contributed by atoms with van der Waals surface area (Å²) in [6.07, 6.45) is 1.61. The summed E-state index contributed by atoms with van der Waals surface area (Å²) in [6, 6.07) is 0.207. The summed E-state index contributed by atoms with van der Waals surface area (Å²) in [6.45, 7) is 8.82. The maximum absolute atomic E-state index is 14.1. The minimum Gasteiger partial charge on any atom is -0.423 e. The maximum Gasteiger partial charge on any atom is 0.242 e. The molecule has 1 aliphatic rings. The van der Waals surface area contributed by atoms with Gasteiger partial charge in [-0.25, -0.2) is 0 Å². The van der Waals surface area contributed by atoms with Crippen molar-refractivity contribution in [2.75, 3.05) is 11.9 Å². The van der Waals surface area contributed by atoms with Gasteiger partial charge in [-0.05, 0) is 26.7 Å². The highest BCUT2D eigenvalue weighted by Crippen LogP contribution is 2.33. The van der Waals surface area contributed by atoms with Gasteiger partial charge in [-0.15, -0.1) is 10.2 Å². The minimum absolute atomic E-state index is 0.207. The van der Waals surface area contributed by atoms with Gasteiger partial charge in [-0.1, -0.05) is 11.3 Å². The molecule has 0 aliphatic carbocycles. The van der Waals surface area contributed by atoms with Crippen LogP contribution in [0.25, 0.3) is 0 Å². The van der Waals surface area contributed by atoms with Crippen molar-refractivity contribution in [2.45, 2.75) is 65.3 Å². The number of likely N-dealkylation sites (tertiary alicyclic amines) is 1. The first-order chi connectivity index (χ1) is 12.7. The summed E-state index contributed by atoms with van der Waals surface area (Å²) in [7, 11) is 0. The average Bonchev–Trinajstić information content (AvgIpc) is 3.14. The van der Waals surface area contributed by atoms with E-state index in [1.165, 1.54) is 18.3 Å². The number of nitrogens with one attached hydrogen (secondary N) is 1. The fourth-order valence-electron chi connectivity index (χ4n) is 3.27. The number of halogens is 1. The highest BCUT2D eigenvalue weighted by molar-refractivity contribution is 7.15. The SMILES string of the molecule is CC(=O)Nc1nc(F)c(CN2CCC(C)(OCc3nnc(C)o3)C[C@@H]2C)s1. The second-order valence-electron chi connectivity index (χ2n) is 7.14. The maximum atomic E-state index is 14.1. The van der Waals surface area contributed by atoms with Gasteiger partial charge in [-0.3, -0.25) is 9.69 Å². The predicted octanol–water partition coefficient (Wildman–Crippen LogP) is 2.89. The van der Waals surface area contributed by atoms with Crippen molar-refractivity contribution in [1.82, 2.24) is 20.1 Å². The Labute approximate surface area is 161 Å². The molecule has 1 unspecified atom stereocenters. The Morgan fingerprint density at radius 2 is 2.30 bits per heavy atom. The first-order valence-electron chi connectivity index (χ1n) is 8.84. The van der Waals surface area contributed by atoms with Crippen molar-refractivity contribution < 1.29 is 18.3 Å². The number of ether oxygens (including phenoxy) is 1. The van der Waals surface area contributed by atoms with Gasteiger partial charge in [0.1, 0.15) is 6.61 Å². The lowest BCUT2D eigenvalue weighted by molar-refractivity contribution is -0.114. The van der Waals surface area contributed by atoms with E-state index in [9.17, 15) is 9.18 Å². The second kappa shape index (κ2) is 7.99. The second-order valence-corrected chi connectivity index (χ2v) is 8.22. The third-order valence-corrected chi connectivity index (χ3v) is 5.60. The van der Waals surface area contributed by atoms with E-state index in [2.05, 4.69) is 39.2 Å². The number of nitrogens with zero attached hydrogens (tertiary/aromatic N) is 4. The number of carbonyl (C=O) groups excluding carboxylic acids is 1. The van der Waals surface area contributed by atoms with Gasteiger partial charge in [0, 0.05) is 33.0 Å². The van der Waals surface area contributed by atoms with Crippen LogP contribution in [0.2, 0.25) is 0 Å². The number of aromatic nitrogens is 3. The summed E-state index contributed by atoms with van der Waals surface area (Å²) in [5, 5.41) is 10.6. The normalized spacial score (nSPS) is 23.5. The van der Waals surface area contributed by atoms with E-state index in [0.717, 1.165) is 19.4 Å². The summed E-state index contributed by atoms with van der Waals surface area (Å²) in [5.41, 5.74) is -0.300. The highest BCUT2D eigenvalue weighted by atomic mass is 32.1. The Balaban J connectivity index is 1.56. The van der Waals surface area contributed by atoms with Crippen LogP contribution in [-0.2, 0) is 22.7 Å². The van der Waals surface area contributed by atoms with Crippen LogP contribution in [0, 0.1) is 12.9 Å². The Hall–Kier alpha value is -1.91. The summed E-state index contributed by atoms with van der Waals surface area (Å²) < 4.78 is 25.5. The molecule has 10 heteroatoms. The lowest BCUT2D eigenvalue weighted by Crippen LogP contribution is -2.48. The fraction of sp³-hybridized carbons (Fsp3) is 0.647. The molecule has 1 fully saturated rings. The van der Waals surface area contributed by atoms with Crippen molar-refractivity contribution in [2.24, 2.45) is 0 Å². The van der Waals surface area contributed by atoms with E-state index in [1.807, 2.05) is 0 Å². The number of thiazole rings is 1. The van der Waals surface area contributed by atoms with Crippen molar-refractivity contribution in [3.8, 4) is 0 Å². The van der Waals surface area contributed by atoms with Crippen LogP contribution in [0.1, 0.15) is 50.3 Å². The molecule has 0 spiro atoms. The number of piperidine rings is 1. The Bertz CT molecular complexity index is 810. The van der Waals surface area contributed by atoms with E-state index < -0.39 is 5.95 Å². The molecule has 1 aliphatic heterocycles. The molecule has 2 aromatic rings. The number of amides is 1. The van der Waals surface area contributed by atoms with Gasteiger partial charge < -0.3 is 14.5 Å². The molecule has 0 saturated carbocycles. The van der Waals surface area contributed by atoms with E-state index in [1.54, 1.807) is 6.92 Å². The molecule has 148 valence electrons. The zero-order chi connectivity index (χ0) is 19.6. The molecule has 0 aromatic carbocycles. The third-order valence-electron chi connectivity index (χ3n) is 4.67. The molecule has 8 nitrogen and oxygen atoms in total. The monoisotopic (exact) mass is 397 g/mol. The molecule has 1 amide bonds. The van der Waals surface area contributed by atoms with Crippen LogP contribution in [0.5, 0.6) is 0 Å². The van der Waals surface area contributed by atoms with Gasteiger partial charge in [0.2, 0.25) is 23.6 Å². The van der Waals surface area contributed by atoms with E-state index in [4.69, 9.17) is 9.15 Å². The van der Waals surface area contributed by atoms with Gasteiger partial charge in [0.25, 0.3) is 0 Å². The molecule has 1 saturated heterocycles. The van der Waals surface area contributed by atoms with Crippen LogP contribution in [0.4, 0.5) is 9.52 Å². The zero-order valence-electron chi connectivity index (χ0n) is 15.9. The Kier molecular flexibility index (Phi) is 5.87. The Morgan fingerprint density at radius 1 is 1.52 bits per heavy atom. The first-order valence-corrected chi connectivity index (χ1v) is 9.65. The van der Waals surface area contributed by atoms with Crippen LogP contribution in [-0.4, -0.2) is 44.2 Å². The van der Waals surface area contributed by atoms with Crippen molar-refractivity contribution in [3.63, 3.8) is 0 Å². The van der Waals surface area contributed by atoms with Crippen molar-refractivity contribution >= 4 is 22.4 Å². The zero-order valence-corrected chi connectivity index (χ0v) is 16.7. The molecule has 2 atom stereocenters. The predicted molar refractivity (Wildman–Crippen MR) is 97.7 cm³/mol. The molecule has 27 heavy (non-hydrogen) atoms.